The quantitative estimate of drug-likeness (QED) is 0.121. The largest absolute Gasteiger partial charge is 0.459 e. The number of carbonyl (C=O) groups excluding carboxylic acids is 6. The van der Waals surface area contributed by atoms with Crippen molar-refractivity contribution in [3.05, 3.63) is 0 Å². The Hall–Kier alpha value is -3.02. The normalized spacial score (nSPS) is 37.7. The van der Waals surface area contributed by atoms with Crippen molar-refractivity contribution in [3.8, 4) is 0 Å². The molecule has 0 spiro atoms. The first-order chi connectivity index (χ1) is 28.7. The van der Waals surface area contributed by atoms with E-state index in [1.807, 2.05) is 55.4 Å². The number of esters is 4. The van der Waals surface area contributed by atoms with Gasteiger partial charge in [-0.3, -0.25) is 34.1 Å². The SMILES string of the molecule is C.C.C.C.C.C.CCC(C)(C)C(=O)OC1(C)C2CC3CC(C2)CC1C3.CCC(C)(C)C(=O)OC12CC3CC(CC(O)(C3)C1)C2.CCC(C)(C)C(=O)OC1C2CC3C1OC(=O)C3(C(=O)NC(C)=O)C2. The first-order valence-corrected chi connectivity index (χ1v) is 24.2. The number of hydrogen-bond donors (Lipinski definition) is 2. The Balaban J connectivity index is 0.000000492. The standard InChI is InChI=1S/C17H23NO6.C17H28O2.C16H26O3.6CH4/c1-5-16(3,4)14(21)23-11-9-6-10-12(11)24-15(22)17(10,7-9)13(20)18-8(2)19;1-5-16(2,3)15(18)19-17(4)13-7-11-6-12(9-13)10-14(17)8-11;1-4-14(2,3)13(17)19-16-8-11-5-12(9-16)7-15(18,6-11)10-16;;;;;;/h9-12H,5-7H2,1-4H3,(H,18,19,20);11-14H,5-10H2,1-4H3;11-12,18H,4-10H2,1-3H3;6*1H4. The van der Waals surface area contributed by atoms with Gasteiger partial charge in [-0.25, -0.2) is 0 Å². The van der Waals surface area contributed by atoms with Crippen LogP contribution in [-0.2, 0) is 47.7 Å². The van der Waals surface area contributed by atoms with Gasteiger partial charge >= 0.3 is 23.9 Å². The molecule has 1 heterocycles. The van der Waals surface area contributed by atoms with E-state index in [4.69, 9.17) is 18.9 Å². The van der Waals surface area contributed by atoms with Crippen LogP contribution in [0.3, 0.4) is 0 Å². The van der Waals surface area contributed by atoms with Gasteiger partial charge in [-0.1, -0.05) is 65.3 Å². The lowest BCUT2D eigenvalue weighted by molar-refractivity contribution is -0.225. The fourth-order valence-corrected chi connectivity index (χ4v) is 13.7. The first kappa shape index (κ1) is 63.0. The number of ether oxygens (including phenoxy) is 4. The minimum atomic E-state index is -1.30. The third-order valence-electron chi connectivity index (χ3n) is 18.2. The Labute approximate surface area is 414 Å². The van der Waals surface area contributed by atoms with Crippen LogP contribution in [0.4, 0.5) is 0 Å². The van der Waals surface area contributed by atoms with Gasteiger partial charge < -0.3 is 24.1 Å². The molecular weight excluding hydrogens is 863 g/mol. The maximum atomic E-state index is 12.5. The summed E-state index contributed by atoms with van der Waals surface area (Å²) in [6.45, 7) is 21.0. The molecule has 10 saturated carbocycles. The van der Waals surface area contributed by atoms with Gasteiger partial charge in [0.15, 0.2) is 5.41 Å². The molecule has 11 rings (SSSR count). The van der Waals surface area contributed by atoms with Crippen LogP contribution in [-0.4, -0.2) is 69.8 Å². The summed E-state index contributed by atoms with van der Waals surface area (Å²) in [6.07, 6.45) is 14.3. The van der Waals surface area contributed by atoms with Crippen molar-refractivity contribution < 1.29 is 52.8 Å². The lowest BCUT2D eigenvalue weighted by Gasteiger charge is -2.59. The van der Waals surface area contributed by atoms with Gasteiger partial charge in [-0.2, -0.15) is 0 Å². The van der Waals surface area contributed by atoms with Crippen LogP contribution in [0.5, 0.6) is 0 Å². The zero-order valence-corrected chi connectivity index (χ0v) is 39.6. The summed E-state index contributed by atoms with van der Waals surface area (Å²) in [5.74, 6) is 1.71. The second-order valence-electron chi connectivity index (χ2n) is 23.9. The predicted molar refractivity (Wildman–Crippen MR) is 270 cm³/mol. The number of nitrogens with one attached hydrogen (secondary N) is 1. The molecule has 12 nitrogen and oxygen atoms in total. The minimum absolute atomic E-state index is 0. The van der Waals surface area contributed by atoms with Crippen molar-refractivity contribution in [2.45, 2.75) is 252 Å². The molecule has 1 aliphatic heterocycles. The number of hydrogen-bond acceptors (Lipinski definition) is 11. The molecule has 0 aromatic carbocycles. The monoisotopic (exact) mass is 964 g/mol. The lowest BCUT2D eigenvalue weighted by atomic mass is 9.50. The molecule has 11 aliphatic rings. The second-order valence-corrected chi connectivity index (χ2v) is 23.9. The molecule has 7 unspecified atom stereocenters. The number of imide groups is 1. The molecule has 0 aromatic heterocycles. The molecule has 68 heavy (non-hydrogen) atoms. The fraction of sp³-hybridized carbons (Fsp3) is 0.893. The number of amides is 2. The van der Waals surface area contributed by atoms with Gasteiger partial charge in [0.2, 0.25) is 11.8 Å². The van der Waals surface area contributed by atoms with Gasteiger partial charge in [-0.15, -0.1) is 0 Å². The molecule has 1 saturated heterocycles. The van der Waals surface area contributed by atoms with E-state index in [0.717, 1.165) is 50.4 Å². The average Bonchev–Trinajstić information content (AvgIpc) is 3.79. The van der Waals surface area contributed by atoms with Crippen LogP contribution in [0.15, 0.2) is 0 Å². The Morgan fingerprint density at radius 3 is 1.53 bits per heavy atom. The third-order valence-corrected chi connectivity index (χ3v) is 18.2. The highest BCUT2D eigenvalue weighted by molar-refractivity contribution is 6.10. The second kappa shape index (κ2) is 21.8. The molecule has 0 aromatic rings. The fourth-order valence-electron chi connectivity index (χ4n) is 13.7. The summed E-state index contributed by atoms with van der Waals surface area (Å²) < 4.78 is 23.2. The van der Waals surface area contributed by atoms with Crippen LogP contribution in [0, 0.1) is 69.0 Å². The molecule has 0 radical (unpaired) electrons. The highest BCUT2D eigenvalue weighted by atomic mass is 16.6. The highest BCUT2D eigenvalue weighted by Gasteiger charge is 2.75. The summed E-state index contributed by atoms with van der Waals surface area (Å²) in [6, 6.07) is 0. The van der Waals surface area contributed by atoms with Gasteiger partial charge in [-0.05, 0) is 180 Å². The van der Waals surface area contributed by atoms with Crippen molar-refractivity contribution in [1.82, 2.24) is 5.32 Å². The molecule has 11 fully saturated rings. The number of fused-ring (bicyclic) bond motifs is 1. The Morgan fingerprint density at radius 1 is 0.647 bits per heavy atom. The Kier molecular flexibility index (Phi) is 20.2. The van der Waals surface area contributed by atoms with Gasteiger partial charge in [0.05, 0.1) is 21.8 Å². The lowest BCUT2D eigenvalue weighted by Crippen LogP contribution is -2.61. The van der Waals surface area contributed by atoms with Crippen LogP contribution in [0.2, 0.25) is 0 Å². The van der Waals surface area contributed by atoms with E-state index in [2.05, 4.69) is 19.2 Å². The van der Waals surface area contributed by atoms with E-state index in [0.29, 0.717) is 42.9 Å². The van der Waals surface area contributed by atoms with E-state index < -0.39 is 51.8 Å². The van der Waals surface area contributed by atoms with Gasteiger partial charge in [0, 0.05) is 25.2 Å². The molecule has 10 bridgehead atoms. The molecule has 12 heteroatoms. The summed E-state index contributed by atoms with van der Waals surface area (Å²) >= 11 is 0. The van der Waals surface area contributed by atoms with Gasteiger partial charge in [0.25, 0.3) is 0 Å². The van der Waals surface area contributed by atoms with E-state index in [9.17, 15) is 33.9 Å². The van der Waals surface area contributed by atoms with Crippen molar-refractivity contribution in [2.24, 2.45) is 69.0 Å². The van der Waals surface area contributed by atoms with E-state index in [1.165, 1.54) is 45.4 Å². The van der Waals surface area contributed by atoms with Crippen molar-refractivity contribution in [1.29, 1.82) is 0 Å². The molecule has 10 aliphatic carbocycles. The van der Waals surface area contributed by atoms with E-state index >= 15 is 0 Å². The topological polar surface area (TPSA) is 172 Å². The summed E-state index contributed by atoms with van der Waals surface area (Å²) in [7, 11) is 0. The molecular formula is C56H101NO11. The van der Waals surface area contributed by atoms with E-state index in [-0.39, 0.29) is 97.3 Å². The van der Waals surface area contributed by atoms with Crippen LogP contribution >= 0.6 is 0 Å². The smallest absolute Gasteiger partial charge is 0.322 e. The summed E-state index contributed by atoms with van der Waals surface area (Å²) in [4.78, 5) is 73.2. The maximum absolute atomic E-state index is 12.5. The van der Waals surface area contributed by atoms with Gasteiger partial charge in [0.1, 0.15) is 23.4 Å². The third kappa shape index (κ3) is 11.2. The maximum Gasteiger partial charge on any atom is 0.322 e. The molecule has 396 valence electrons. The van der Waals surface area contributed by atoms with Crippen molar-refractivity contribution in [2.75, 3.05) is 0 Å². The number of aliphatic hydroxyl groups is 1. The Morgan fingerprint density at radius 2 is 1.09 bits per heavy atom. The van der Waals surface area contributed by atoms with Crippen LogP contribution in [0.1, 0.15) is 223 Å². The Bertz CT molecular complexity index is 1770. The molecule has 2 amide bonds. The predicted octanol–water partition coefficient (Wildman–Crippen LogP) is 12.0. The first-order valence-electron chi connectivity index (χ1n) is 24.2. The molecule has 2 N–H and O–H groups in total. The summed E-state index contributed by atoms with van der Waals surface area (Å²) in [5, 5.41) is 12.9. The molecule has 7 atom stereocenters. The highest BCUT2D eigenvalue weighted by Crippen LogP contribution is 2.63. The number of carbonyl (C=O) groups is 6. The van der Waals surface area contributed by atoms with Crippen molar-refractivity contribution in [3.63, 3.8) is 0 Å². The summed E-state index contributed by atoms with van der Waals surface area (Å²) in [5.41, 5.74) is -3.73. The average molecular weight is 964 g/mol. The number of rotatable bonds is 10. The van der Waals surface area contributed by atoms with Crippen LogP contribution < -0.4 is 5.32 Å². The zero-order chi connectivity index (χ0) is 45.6. The van der Waals surface area contributed by atoms with E-state index in [1.54, 1.807) is 0 Å². The zero-order valence-electron chi connectivity index (χ0n) is 39.6. The minimum Gasteiger partial charge on any atom is -0.459 e. The van der Waals surface area contributed by atoms with Crippen LogP contribution in [0.25, 0.3) is 0 Å². The van der Waals surface area contributed by atoms with Crippen molar-refractivity contribution >= 4 is 35.7 Å².